The number of halogens is 2. The lowest BCUT2D eigenvalue weighted by atomic mass is 10.2. The van der Waals surface area contributed by atoms with Crippen molar-refractivity contribution in [3.8, 4) is 11.5 Å². The summed E-state index contributed by atoms with van der Waals surface area (Å²) in [5.41, 5.74) is 0. The lowest BCUT2D eigenvalue weighted by Gasteiger charge is -2.13. The van der Waals surface area contributed by atoms with Crippen molar-refractivity contribution in [1.29, 1.82) is 0 Å². The van der Waals surface area contributed by atoms with E-state index in [1.54, 1.807) is 0 Å². The molecule has 0 bridgehead atoms. The molecule has 0 aliphatic heterocycles. The van der Waals surface area contributed by atoms with Crippen LogP contribution in [0, 0.1) is 7.14 Å². The highest BCUT2D eigenvalue weighted by atomic mass is 127. The minimum absolute atomic E-state index is 0.278. The standard InChI is InChI=1S/C18H28I2O4/c19-15-14-18(24-12-8-4-2-6-10-22)16(20)13-17(15)23-11-7-3-1-5-9-21/h13-14,21-22H,1-12H2. The first-order chi connectivity index (χ1) is 11.7. The molecule has 4 nitrogen and oxygen atoms in total. The number of hydrogen-bond acceptors (Lipinski definition) is 4. The molecule has 1 aromatic rings. The second kappa shape index (κ2) is 14.4. The Morgan fingerprint density at radius 1 is 0.625 bits per heavy atom. The van der Waals surface area contributed by atoms with Crippen LogP contribution in [-0.4, -0.2) is 36.6 Å². The molecule has 0 unspecified atom stereocenters. The van der Waals surface area contributed by atoms with Crippen molar-refractivity contribution in [3.05, 3.63) is 19.3 Å². The van der Waals surface area contributed by atoms with Gasteiger partial charge in [0.15, 0.2) is 0 Å². The third kappa shape index (κ3) is 9.62. The monoisotopic (exact) mass is 562 g/mol. The Morgan fingerprint density at radius 3 is 1.38 bits per heavy atom. The quantitative estimate of drug-likeness (QED) is 0.254. The van der Waals surface area contributed by atoms with Crippen LogP contribution in [0.25, 0.3) is 0 Å². The normalized spacial score (nSPS) is 10.8. The van der Waals surface area contributed by atoms with E-state index in [4.69, 9.17) is 19.7 Å². The van der Waals surface area contributed by atoms with Gasteiger partial charge in [0, 0.05) is 13.2 Å². The highest BCUT2D eigenvalue weighted by molar-refractivity contribution is 14.1. The van der Waals surface area contributed by atoms with Gasteiger partial charge in [-0.3, -0.25) is 0 Å². The average Bonchev–Trinajstić information content (AvgIpc) is 2.57. The molecule has 0 fully saturated rings. The zero-order valence-corrected chi connectivity index (χ0v) is 18.4. The summed E-state index contributed by atoms with van der Waals surface area (Å²) in [6.45, 7) is 1.98. The van der Waals surface area contributed by atoms with E-state index in [-0.39, 0.29) is 13.2 Å². The fourth-order valence-corrected chi connectivity index (χ4v) is 3.42. The maximum Gasteiger partial charge on any atom is 0.133 e. The first-order valence-corrected chi connectivity index (χ1v) is 10.8. The van der Waals surface area contributed by atoms with E-state index < -0.39 is 0 Å². The molecular weight excluding hydrogens is 534 g/mol. The number of hydrogen-bond donors (Lipinski definition) is 2. The number of benzene rings is 1. The Hall–Kier alpha value is 0.200. The molecule has 0 amide bonds. The summed E-state index contributed by atoms with van der Waals surface area (Å²) in [4.78, 5) is 0. The van der Waals surface area contributed by atoms with Crippen LogP contribution in [-0.2, 0) is 0 Å². The van der Waals surface area contributed by atoms with Gasteiger partial charge in [-0.25, -0.2) is 0 Å². The van der Waals surface area contributed by atoms with Crippen molar-refractivity contribution in [2.45, 2.75) is 51.4 Å². The second-order valence-corrected chi connectivity index (χ2v) is 8.01. The molecule has 24 heavy (non-hydrogen) atoms. The van der Waals surface area contributed by atoms with Crippen LogP contribution < -0.4 is 9.47 Å². The maximum atomic E-state index is 8.75. The van der Waals surface area contributed by atoms with Crippen molar-refractivity contribution in [1.82, 2.24) is 0 Å². The number of aliphatic hydroxyl groups is 2. The van der Waals surface area contributed by atoms with Crippen molar-refractivity contribution in [3.63, 3.8) is 0 Å². The fourth-order valence-electron chi connectivity index (χ4n) is 2.23. The van der Waals surface area contributed by atoms with E-state index in [1.807, 2.05) is 12.1 Å². The van der Waals surface area contributed by atoms with Gasteiger partial charge in [0.25, 0.3) is 0 Å². The van der Waals surface area contributed by atoms with Gasteiger partial charge in [-0.1, -0.05) is 12.8 Å². The molecule has 2 N–H and O–H groups in total. The first-order valence-electron chi connectivity index (χ1n) is 8.65. The predicted octanol–water partition coefficient (Wildman–Crippen LogP) is 4.76. The number of ether oxygens (including phenoxy) is 2. The molecule has 1 aromatic carbocycles. The molecule has 0 heterocycles. The molecule has 0 aliphatic carbocycles. The molecule has 0 spiro atoms. The summed E-state index contributed by atoms with van der Waals surface area (Å²) in [5.74, 6) is 1.83. The summed E-state index contributed by atoms with van der Waals surface area (Å²) in [7, 11) is 0. The Morgan fingerprint density at radius 2 is 1.00 bits per heavy atom. The predicted molar refractivity (Wildman–Crippen MR) is 114 cm³/mol. The van der Waals surface area contributed by atoms with E-state index in [9.17, 15) is 0 Å². The SMILES string of the molecule is OCCCCCCOc1cc(I)c(OCCCCCCO)cc1I. The zero-order chi connectivity index (χ0) is 17.6. The maximum absolute atomic E-state index is 8.75. The van der Waals surface area contributed by atoms with E-state index in [0.29, 0.717) is 13.2 Å². The van der Waals surface area contributed by atoms with Gasteiger partial charge in [-0.15, -0.1) is 0 Å². The summed E-state index contributed by atoms with van der Waals surface area (Å²) in [6, 6.07) is 4.08. The molecular formula is C18H28I2O4. The van der Waals surface area contributed by atoms with E-state index in [0.717, 1.165) is 70.0 Å². The molecule has 6 heteroatoms. The Labute approximate surface area is 172 Å². The van der Waals surface area contributed by atoms with Gasteiger partial charge >= 0.3 is 0 Å². The van der Waals surface area contributed by atoms with Crippen LogP contribution in [0.1, 0.15) is 51.4 Å². The van der Waals surface area contributed by atoms with E-state index >= 15 is 0 Å². The summed E-state index contributed by atoms with van der Waals surface area (Å²) < 4.78 is 13.9. The molecule has 0 atom stereocenters. The number of rotatable bonds is 14. The summed E-state index contributed by atoms with van der Waals surface area (Å²) in [6.07, 6.45) is 8.07. The van der Waals surface area contributed by atoms with Gasteiger partial charge < -0.3 is 19.7 Å². The van der Waals surface area contributed by atoms with E-state index in [1.165, 1.54) is 0 Å². The Bertz CT molecular complexity index is 413. The minimum atomic E-state index is 0.278. The Balaban J connectivity index is 2.33. The molecule has 0 radical (unpaired) electrons. The highest BCUT2D eigenvalue weighted by Gasteiger charge is 2.09. The third-order valence-electron chi connectivity index (χ3n) is 3.61. The van der Waals surface area contributed by atoms with Crippen LogP contribution >= 0.6 is 45.2 Å². The molecule has 0 aromatic heterocycles. The van der Waals surface area contributed by atoms with Crippen molar-refractivity contribution in [2.75, 3.05) is 26.4 Å². The smallest absolute Gasteiger partial charge is 0.133 e. The van der Waals surface area contributed by atoms with Gasteiger partial charge in [0.05, 0.1) is 20.4 Å². The lowest BCUT2D eigenvalue weighted by molar-refractivity contribution is 0.270. The van der Waals surface area contributed by atoms with Gasteiger partial charge in [-0.2, -0.15) is 0 Å². The van der Waals surface area contributed by atoms with Crippen molar-refractivity contribution < 1.29 is 19.7 Å². The van der Waals surface area contributed by atoms with Crippen molar-refractivity contribution >= 4 is 45.2 Å². The van der Waals surface area contributed by atoms with Crippen molar-refractivity contribution in [2.24, 2.45) is 0 Å². The topological polar surface area (TPSA) is 58.9 Å². The summed E-state index contributed by atoms with van der Waals surface area (Å²) in [5, 5.41) is 17.5. The van der Waals surface area contributed by atoms with Crippen LogP contribution in [0.2, 0.25) is 0 Å². The third-order valence-corrected chi connectivity index (χ3v) is 5.29. The van der Waals surface area contributed by atoms with Gasteiger partial charge in [0.1, 0.15) is 11.5 Å². The van der Waals surface area contributed by atoms with Crippen LogP contribution in [0.15, 0.2) is 12.1 Å². The van der Waals surface area contributed by atoms with Crippen LogP contribution in [0.3, 0.4) is 0 Å². The Kier molecular flexibility index (Phi) is 13.3. The summed E-state index contributed by atoms with van der Waals surface area (Å²) >= 11 is 4.57. The highest BCUT2D eigenvalue weighted by Crippen LogP contribution is 2.31. The number of unbranched alkanes of at least 4 members (excludes halogenated alkanes) is 6. The largest absolute Gasteiger partial charge is 0.492 e. The zero-order valence-electron chi connectivity index (χ0n) is 14.1. The molecule has 0 saturated carbocycles. The number of aliphatic hydroxyl groups excluding tert-OH is 2. The van der Waals surface area contributed by atoms with E-state index in [2.05, 4.69) is 45.2 Å². The molecule has 0 saturated heterocycles. The minimum Gasteiger partial charge on any atom is -0.492 e. The lowest BCUT2D eigenvalue weighted by Crippen LogP contribution is -2.03. The van der Waals surface area contributed by atoms with Gasteiger partial charge in [0.2, 0.25) is 0 Å². The van der Waals surface area contributed by atoms with Crippen LogP contribution in [0.5, 0.6) is 11.5 Å². The molecule has 138 valence electrons. The second-order valence-electron chi connectivity index (χ2n) is 5.69. The fraction of sp³-hybridized carbons (Fsp3) is 0.667. The molecule has 0 aliphatic rings. The van der Waals surface area contributed by atoms with Crippen LogP contribution in [0.4, 0.5) is 0 Å². The average molecular weight is 562 g/mol. The molecule has 1 rings (SSSR count). The van der Waals surface area contributed by atoms with Gasteiger partial charge in [-0.05, 0) is 95.8 Å². The first kappa shape index (κ1) is 22.2.